The molecule has 0 bridgehead atoms. The molecule has 0 heterocycles. The topological polar surface area (TPSA) is 52.9 Å². The number of hydrogen-bond acceptors (Lipinski definition) is 4. The standard InChI is InChI=1S/C15H25NO3/c1-12(15(18)9-14(10-17)16(2)3)19-11-13-7-5-4-6-8-13/h4-8,12,14-15,17-18H,9-11H2,1-3H3. The number of hydrogen-bond donors (Lipinski definition) is 2. The van der Waals surface area contributed by atoms with Crippen LogP contribution < -0.4 is 0 Å². The Morgan fingerprint density at radius 1 is 1.21 bits per heavy atom. The number of benzene rings is 1. The molecule has 2 N–H and O–H groups in total. The predicted octanol–water partition coefficient (Wildman–Crippen LogP) is 1.27. The molecule has 4 heteroatoms. The lowest BCUT2D eigenvalue weighted by molar-refractivity contribution is -0.0487. The number of nitrogens with zero attached hydrogens (tertiary/aromatic N) is 1. The van der Waals surface area contributed by atoms with Crippen LogP contribution in [0.2, 0.25) is 0 Å². The summed E-state index contributed by atoms with van der Waals surface area (Å²) in [6.45, 7) is 2.39. The summed E-state index contributed by atoms with van der Waals surface area (Å²) in [5, 5.41) is 19.3. The third-order valence-electron chi connectivity index (χ3n) is 3.35. The Labute approximate surface area is 115 Å². The average Bonchev–Trinajstić information content (AvgIpc) is 2.42. The summed E-state index contributed by atoms with van der Waals surface area (Å²) in [4.78, 5) is 1.91. The fourth-order valence-corrected chi connectivity index (χ4v) is 1.83. The van der Waals surface area contributed by atoms with Crippen molar-refractivity contribution in [3.63, 3.8) is 0 Å². The molecule has 0 spiro atoms. The molecule has 108 valence electrons. The quantitative estimate of drug-likeness (QED) is 0.744. The molecule has 0 aliphatic carbocycles. The van der Waals surface area contributed by atoms with Crippen LogP contribution in [-0.2, 0) is 11.3 Å². The number of rotatable bonds is 8. The first-order valence-electron chi connectivity index (χ1n) is 6.65. The normalized spacial score (nSPS) is 16.3. The monoisotopic (exact) mass is 267 g/mol. The lowest BCUT2D eigenvalue weighted by Crippen LogP contribution is -2.38. The molecule has 0 amide bonds. The first-order chi connectivity index (χ1) is 9.04. The van der Waals surface area contributed by atoms with Gasteiger partial charge in [-0.1, -0.05) is 30.3 Å². The van der Waals surface area contributed by atoms with Crippen molar-refractivity contribution in [2.75, 3.05) is 20.7 Å². The van der Waals surface area contributed by atoms with Crippen LogP contribution in [0.25, 0.3) is 0 Å². The van der Waals surface area contributed by atoms with Crippen LogP contribution in [0.15, 0.2) is 30.3 Å². The molecule has 3 unspecified atom stereocenters. The molecule has 4 nitrogen and oxygen atoms in total. The summed E-state index contributed by atoms with van der Waals surface area (Å²) in [6.07, 6.45) is -0.336. The highest BCUT2D eigenvalue weighted by Gasteiger charge is 2.21. The largest absolute Gasteiger partial charge is 0.395 e. The van der Waals surface area contributed by atoms with Gasteiger partial charge in [0.25, 0.3) is 0 Å². The van der Waals surface area contributed by atoms with E-state index in [1.807, 2.05) is 56.3 Å². The minimum atomic E-state index is -0.580. The van der Waals surface area contributed by atoms with Crippen molar-refractivity contribution >= 4 is 0 Å². The third-order valence-corrected chi connectivity index (χ3v) is 3.35. The smallest absolute Gasteiger partial charge is 0.0815 e. The minimum absolute atomic E-state index is 0.0372. The zero-order valence-electron chi connectivity index (χ0n) is 12.0. The van der Waals surface area contributed by atoms with Gasteiger partial charge in [-0.25, -0.2) is 0 Å². The molecule has 19 heavy (non-hydrogen) atoms. The maximum atomic E-state index is 10.1. The number of likely N-dealkylation sites (N-methyl/N-ethyl adjacent to an activating group) is 1. The van der Waals surface area contributed by atoms with Crippen molar-refractivity contribution in [1.82, 2.24) is 4.90 Å². The fourth-order valence-electron chi connectivity index (χ4n) is 1.83. The second-order valence-electron chi connectivity index (χ2n) is 5.10. The van der Waals surface area contributed by atoms with Crippen molar-refractivity contribution in [2.45, 2.75) is 38.2 Å². The van der Waals surface area contributed by atoms with E-state index in [4.69, 9.17) is 4.74 Å². The van der Waals surface area contributed by atoms with Gasteiger partial charge >= 0.3 is 0 Å². The van der Waals surface area contributed by atoms with Crippen molar-refractivity contribution in [2.24, 2.45) is 0 Å². The van der Waals surface area contributed by atoms with Crippen molar-refractivity contribution < 1.29 is 14.9 Å². The summed E-state index contributed by atoms with van der Waals surface area (Å²) in [6, 6.07) is 9.84. The first kappa shape index (κ1) is 16.1. The van der Waals surface area contributed by atoms with Crippen LogP contribution in [0.1, 0.15) is 18.9 Å². The molecule has 0 aliphatic heterocycles. The summed E-state index contributed by atoms with van der Waals surface area (Å²) in [5.74, 6) is 0. The van der Waals surface area contributed by atoms with Crippen LogP contribution in [-0.4, -0.2) is 54.1 Å². The average molecular weight is 267 g/mol. The number of ether oxygens (including phenoxy) is 1. The Balaban J connectivity index is 2.38. The molecule has 0 saturated heterocycles. The zero-order valence-corrected chi connectivity index (χ0v) is 12.0. The lowest BCUT2D eigenvalue weighted by atomic mass is 10.1. The molecule has 0 fully saturated rings. The van der Waals surface area contributed by atoms with Gasteiger partial charge < -0.3 is 19.8 Å². The SMILES string of the molecule is CC(OCc1ccccc1)C(O)CC(CO)N(C)C. The highest BCUT2D eigenvalue weighted by molar-refractivity contribution is 5.13. The molecule has 1 aromatic carbocycles. The van der Waals surface area contributed by atoms with Gasteiger partial charge in [0, 0.05) is 6.04 Å². The van der Waals surface area contributed by atoms with E-state index in [1.54, 1.807) is 0 Å². The fraction of sp³-hybridized carbons (Fsp3) is 0.600. The van der Waals surface area contributed by atoms with E-state index in [1.165, 1.54) is 0 Å². The maximum Gasteiger partial charge on any atom is 0.0815 e. The molecular formula is C15H25NO3. The summed E-state index contributed by atoms with van der Waals surface area (Å²) >= 11 is 0. The molecule has 0 radical (unpaired) electrons. The van der Waals surface area contributed by atoms with Gasteiger partial charge in [-0.15, -0.1) is 0 Å². The Morgan fingerprint density at radius 3 is 2.37 bits per heavy atom. The molecule has 0 saturated carbocycles. The predicted molar refractivity (Wildman–Crippen MR) is 75.9 cm³/mol. The second-order valence-corrected chi connectivity index (χ2v) is 5.10. The Bertz CT molecular complexity index is 343. The van der Waals surface area contributed by atoms with Gasteiger partial charge in [0.1, 0.15) is 0 Å². The summed E-state index contributed by atoms with van der Waals surface area (Å²) in [5.41, 5.74) is 1.09. The van der Waals surface area contributed by atoms with Crippen molar-refractivity contribution in [1.29, 1.82) is 0 Å². The van der Waals surface area contributed by atoms with Gasteiger partial charge in [0.05, 0.1) is 25.4 Å². The van der Waals surface area contributed by atoms with E-state index >= 15 is 0 Å². The van der Waals surface area contributed by atoms with Crippen LogP contribution in [0.4, 0.5) is 0 Å². The lowest BCUT2D eigenvalue weighted by Gasteiger charge is -2.27. The first-order valence-corrected chi connectivity index (χ1v) is 6.65. The molecule has 1 rings (SSSR count). The van der Waals surface area contributed by atoms with Gasteiger partial charge in [-0.3, -0.25) is 0 Å². The van der Waals surface area contributed by atoms with Crippen LogP contribution in [0, 0.1) is 0 Å². The van der Waals surface area contributed by atoms with E-state index in [0.29, 0.717) is 13.0 Å². The molecule has 3 atom stereocenters. The highest BCUT2D eigenvalue weighted by atomic mass is 16.5. The second kappa shape index (κ2) is 8.27. The summed E-state index contributed by atoms with van der Waals surface area (Å²) < 4.78 is 5.66. The third kappa shape index (κ3) is 5.70. The van der Waals surface area contributed by atoms with Gasteiger partial charge in [-0.2, -0.15) is 0 Å². The number of aliphatic hydroxyl groups excluding tert-OH is 2. The Kier molecular flexibility index (Phi) is 7.02. The van der Waals surface area contributed by atoms with Crippen molar-refractivity contribution in [3.8, 4) is 0 Å². The minimum Gasteiger partial charge on any atom is -0.395 e. The van der Waals surface area contributed by atoms with Gasteiger partial charge in [-0.05, 0) is 33.0 Å². The van der Waals surface area contributed by atoms with E-state index < -0.39 is 6.10 Å². The highest BCUT2D eigenvalue weighted by Crippen LogP contribution is 2.11. The van der Waals surface area contributed by atoms with E-state index in [2.05, 4.69) is 0 Å². The van der Waals surface area contributed by atoms with E-state index in [9.17, 15) is 10.2 Å². The number of aliphatic hydroxyl groups is 2. The molecule has 0 aromatic heterocycles. The zero-order chi connectivity index (χ0) is 14.3. The van der Waals surface area contributed by atoms with Gasteiger partial charge in [0.15, 0.2) is 0 Å². The van der Waals surface area contributed by atoms with E-state index in [0.717, 1.165) is 5.56 Å². The maximum absolute atomic E-state index is 10.1. The van der Waals surface area contributed by atoms with E-state index in [-0.39, 0.29) is 18.8 Å². The molecular weight excluding hydrogens is 242 g/mol. The van der Waals surface area contributed by atoms with Crippen LogP contribution >= 0.6 is 0 Å². The Hall–Kier alpha value is -0.940. The van der Waals surface area contributed by atoms with Gasteiger partial charge in [0.2, 0.25) is 0 Å². The molecule has 1 aromatic rings. The van der Waals surface area contributed by atoms with Crippen molar-refractivity contribution in [3.05, 3.63) is 35.9 Å². The van der Waals surface area contributed by atoms with Crippen LogP contribution in [0.3, 0.4) is 0 Å². The molecule has 0 aliphatic rings. The summed E-state index contributed by atoms with van der Waals surface area (Å²) in [7, 11) is 3.78. The van der Waals surface area contributed by atoms with Crippen LogP contribution in [0.5, 0.6) is 0 Å². The Morgan fingerprint density at radius 2 is 1.84 bits per heavy atom.